The fourth-order valence-corrected chi connectivity index (χ4v) is 2.01. The first-order chi connectivity index (χ1) is 9.86. The van der Waals surface area contributed by atoms with Crippen LogP contribution >= 0.6 is 23.2 Å². The van der Waals surface area contributed by atoms with Gasteiger partial charge in [-0.1, -0.05) is 23.2 Å². The molecule has 1 aromatic heterocycles. The number of carboxylic acids is 1. The largest absolute Gasteiger partial charge is 0.478 e. The minimum absolute atomic E-state index is 0.00686. The van der Waals surface area contributed by atoms with E-state index < -0.39 is 17.7 Å². The summed E-state index contributed by atoms with van der Waals surface area (Å²) in [5.74, 6) is -2.69. The Hall–Kier alpha value is -2.18. The fourth-order valence-electron chi connectivity index (χ4n) is 1.54. The van der Waals surface area contributed by atoms with E-state index in [2.05, 4.69) is 10.3 Å². The molecular formula is C13H7Cl2FN2O3. The van der Waals surface area contributed by atoms with Crippen LogP contribution in [0.2, 0.25) is 10.3 Å². The molecule has 0 bridgehead atoms. The molecule has 0 aliphatic carbocycles. The second-order valence-corrected chi connectivity index (χ2v) is 4.73. The van der Waals surface area contributed by atoms with Crippen LogP contribution in [-0.2, 0) is 0 Å². The van der Waals surface area contributed by atoms with Gasteiger partial charge in [0.05, 0.1) is 11.3 Å². The third-order valence-corrected chi connectivity index (χ3v) is 2.87. The van der Waals surface area contributed by atoms with Crippen LogP contribution in [0.5, 0.6) is 0 Å². The van der Waals surface area contributed by atoms with Crippen LogP contribution in [0.25, 0.3) is 0 Å². The van der Waals surface area contributed by atoms with Gasteiger partial charge in [0.2, 0.25) is 0 Å². The van der Waals surface area contributed by atoms with E-state index in [0.717, 1.165) is 18.2 Å². The second-order valence-electron chi connectivity index (χ2n) is 3.96. The molecule has 0 fully saturated rings. The van der Waals surface area contributed by atoms with Crippen LogP contribution in [0.4, 0.5) is 10.1 Å². The van der Waals surface area contributed by atoms with E-state index in [1.807, 2.05) is 0 Å². The third kappa shape index (κ3) is 3.68. The van der Waals surface area contributed by atoms with Crippen LogP contribution in [0.1, 0.15) is 20.7 Å². The van der Waals surface area contributed by atoms with Gasteiger partial charge in [-0.2, -0.15) is 0 Å². The molecule has 1 aromatic carbocycles. The van der Waals surface area contributed by atoms with Gasteiger partial charge in [-0.05, 0) is 30.3 Å². The smallest absolute Gasteiger partial charge is 0.335 e. The standard InChI is InChI=1S/C13H7Cl2FN2O3/c14-10-4-7(5-11(15)18-10)12(19)17-9-3-6(13(20)21)1-2-8(9)16/h1-5H,(H,17,19)(H,20,21). The lowest BCUT2D eigenvalue weighted by Gasteiger charge is -2.08. The zero-order chi connectivity index (χ0) is 15.6. The number of anilines is 1. The van der Waals surface area contributed by atoms with Gasteiger partial charge in [-0.3, -0.25) is 4.79 Å². The number of carbonyl (C=O) groups is 2. The number of pyridine rings is 1. The van der Waals surface area contributed by atoms with Crippen LogP contribution < -0.4 is 5.32 Å². The third-order valence-electron chi connectivity index (χ3n) is 2.49. The summed E-state index contributed by atoms with van der Waals surface area (Å²) in [6, 6.07) is 5.56. The van der Waals surface area contributed by atoms with E-state index in [1.165, 1.54) is 12.1 Å². The Morgan fingerprint density at radius 3 is 2.29 bits per heavy atom. The van der Waals surface area contributed by atoms with Gasteiger partial charge in [-0.25, -0.2) is 14.2 Å². The maximum atomic E-state index is 13.6. The number of rotatable bonds is 3. The molecule has 0 unspecified atom stereocenters. The molecule has 0 spiro atoms. The Balaban J connectivity index is 2.31. The number of benzene rings is 1. The van der Waals surface area contributed by atoms with Crippen molar-refractivity contribution < 1.29 is 19.1 Å². The molecule has 0 aliphatic heterocycles. The molecule has 2 N–H and O–H groups in total. The van der Waals surface area contributed by atoms with E-state index in [-0.39, 0.29) is 27.1 Å². The van der Waals surface area contributed by atoms with Crippen molar-refractivity contribution in [3.63, 3.8) is 0 Å². The summed E-state index contributed by atoms with van der Waals surface area (Å²) in [5, 5.41) is 11.1. The van der Waals surface area contributed by atoms with Crippen LogP contribution in [0, 0.1) is 5.82 Å². The number of amides is 1. The first-order valence-electron chi connectivity index (χ1n) is 5.54. The van der Waals surface area contributed by atoms with Crippen molar-refractivity contribution in [2.24, 2.45) is 0 Å². The number of hydrogen-bond acceptors (Lipinski definition) is 3. The number of aromatic carboxylic acids is 1. The number of hydrogen-bond donors (Lipinski definition) is 2. The molecule has 0 radical (unpaired) electrons. The van der Waals surface area contributed by atoms with Gasteiger partial charge < -0.3 is 10.4 Å². The highest BCUT2D eigenvalue weighted by Gasteiger charge is 2.13. The van der Waals surface area contributed by atoms with Gasteiger partial charge >= 0.3 is 5.97 Å². The number of carboxylic acid groups (broad SMARTS) is 1. The summed E-state index contributed by atoms with van der Waals surface area (Å²) in [6.07, 6.45) is 0. The zero-order valence-corrected chi connectivity index (χ0v) is 11.7. The first kappa shape index (κ1) is 15.2. The number of carbonyl (C=O) groups excluding carboxylic acids is 1. The molecule has 0 atom stereocenters. The Bertz CT molecular complexity index is 717. The van der Waals surface area contributed by atoms with Crippen molar-refractivity contribution in [2.45, 2.75) is 0 Å². The second kappa shape index (κ2) is 6.07. The molecule has 2 rings (SSSR count). The summed E-state index contributed by atoms with van der Waals surface area (Å²) in [7, 11) is 0. The summed E-state index contributed by atoms with van der Waals surface area (Å²) in [5.41, 5.74) is -0.346. The molecule has 2 aromatic rings. The molecule has 1 amide bonds. The van der Waals surface area contributed by atoms with Crippen LogP contribution in [0.3, 0.4) is 0 Å². The monoisotopic (exact) mass is 328 g/mol. The van der Waals surface area contributed by atoms with Crippen molar-refractivity contribution in [1.29, 1.82) is 0 Å². The minimum atomic E-state index is -1.24. The molecule has 1 heterocycles. The molecule has 0 saturated heterocycles. The Labute approximate surface area is 128 Å². The average Bonchev–Trinajstić information content (AvgIpc) is 2.39. The maximum absolute atomic E-state index is 13.6. The summed E-state index contributed by atoms with van der Waals surface area (Å²) in [4.78, 5) is 26.5. The predicted octanol–water partition coefficient (Wildman–Crippen LogP) is 3.48. The molecular weight excluding hydrogens is 322 g/mol. The van der Waals surface area contributed by atoms with Crippen molar-refractivity contribution in [1.82, 2.24) is 4.98 Å². The lowest BCUT2D eigenvalue weighted by Crippen LogP contribution is -2.14. The number of halogens is 3. The quantitative estimate of drug-likeness (QED) is 0.845. The molecule has 8 heteroatoms. The average molecular weight is 329 g/mol. The van der Waals surface area contributed by atoms with Crippen molar-refractivity contribution in [3.8, 4) is 0 Å². The van der Waals surface area contributed by atoms with Gasteiger partial charge in [0, 0.05) is 5.56 Å². The maximum Gasteiger partial charge on any atom is 0.335 e. The van der Waals surface area contributed by atoms with E-state index in [9.17, 15) is 14.0 Å². The predicted molar refractivity (Wildman–Crippen MR) is 75.6 cm³/mol. The number of nitrogens with zero attached hydrogens (tertiary/aromatic N) is 1. The Morgan fingerprint density at radius 2 is 1.71 bits per heavy atom. The number of nitrogens with one attached hydrogen (secondary N) is 1. The van der Waals surface area contributed by atoms with Gasteiger partial charge in [0.25, 0.3) is 5.91 Å². The summed E-state index contributed by atoms with van der Waals surface area (Å²) in [6.45, 7) is 0. The zero-order valence-electron chi connectivity index (χ0n) is 10.2. The first-order valence-corrected chi connectivity index (χ1v) is 6.29. The highest BCUT2D eigenvalue weighted by molar-refractivity contribution is 6.33. The topological polar surface area (TPSA) is 79.3 Å². The van der Waals surface area contributed by atoms with Gasteiger partial charge in [0.15, 0.2) is 0 Å². The lowest BCUT2D eigenvalue weighted by atomic mass is 10.2. The SMILES string of the molecule is O=C(O)c1ccc(F)c(NC(=O)c2cc(Cl)nc(Cl)c2)c1. The van der Waals surface area contributed by atoms with Crippen molar-refractivity contribution in [2.75, 3.05) is 5.32 Å². The van der Waals surface area contributed by atoms with Gasteiger partial charge in [-0.15, -0.1) is 0 Å². The molecule has 0 aliphatic rings. The van der Waals surface area contributed by atoms with E-state index in [0.29, 0.717) is 0 Å². The highest BCUT2D eigenvalue weighted by Crippen LogP contribution is 2.19. The van der Waals surface area contributed by atoms with E-state index >= 15 is 0 Å². The fraction of sp³-hybridized carbons (Fsp3) is 0. The Kier molecular flexibility index (Phi) is 4.40. The molecule has 0 saturated carbocycles. The van der Waals surface area contributed by atoms with Crippen LogP contribution in [-0.4, -0.2) is 22.0 Å². The van der Waals surface area contributed by atoms with Crippen LogP contribution in [0.15, 0.2) is 30.3 Å². The highest BCUT2D eigenvalue weighted by atomic mass is 35.5. The number of aromatic nitrogens is 1. The van der Waals surface area contributed by atoms with Crippen molar-refractivity contribution >= 4 is 40.8 Å². The summed E-state index contributed by atoms with van der Waals surface area (Å²) >= 11 is 11.3. The Morgan fingerprint density at radius 1 is 1.10 bits per heavy atom. The van der Waals surface area contributed by atoms with Gasteiger partial charge in [0.1, 0.15) is 16.1 Å². The molecule has 5 nitrogen and oxygen atoms in total. The van der Waals surface area contributed by atoms with E-state index in [1.54, 1.807) is 0 Å². The minimum Gasteiger partial charge on any atom is -0.478 e. The summed E-state index contributed by atoms with van der Waals surface area (Å²) < 4.78 is 13.6. The molecule has 108 valence electrons. The normalized spacial score (nSPS) is 10.2. The van der Waals surface area contributed by atoms with Crippen molar-refractivity contribution in [3.05, 3.63) is 57.6 Å². The lowest BCUT2D eigenvalue weighted by molar-refractivity contribution is 0.0696. The molecule has 21 heavy (non-hydrogen) atoms. The van der Waals surface area contributed by atoms with E-state index in [4.69, 9.17) is 28.3 Å².